The van der Waals surface area contributed by atoms with Gasteiger partial charge in [0.15, 0.2) is 4.90 Å². The van der Waals surface area contributed by atoms with Crippen LogP contribution < -0.4 is 15.7 Å². The van der Waals surface area contributed by atoms with Crippen LogP contribution in [0.3, 0.4) is 0 Å². The Morgan fingerprint density at radius 2 is 1.88 bits per heavy atom. The lowest BCUT2D eigenvalue weighted by atomic mass is 9.98. The van der Waals surface area contributed by atoms with Gasteiger partial charge in [-0.1, -0.05) is 12.1 Å². The third-order valence-electron chi connectivity index (χ3n) is 5.66. The van der Waals surface area contributed by atoms with Gasteiger partial charge in [-0.05, 0) is 48.4 Å². The minimum absolute atomic E-state index is 0.177. The van der Waals surface area contributed by atoms with E-state index in [1.54, 1.807) is 31.4 Å². The van der Waals surface area contributed by atoms with Crippen LogP contribution in [0, 0.1) is 18.6 Å². The summed E-state index contributed by atoms with van der Waals surface area (Å²) < 4.78 is 58.1. The van der Waals surface area contributed by atoms with Crippen LogP contribution in [0.4, 0.5) is 20.3 Å². The van der Waals surface area contributed by atoms with Gasteiger partial charge in [0, 0.05) is 43.1 Å². The molecule has 0 spiro atoms. The average molecular weight is 483 g/mol. The van der Waals surface area contributed by atoms with Gasteiger partial charge in [-0.25, -0.2) is 22.2 Å². The number of aryl methyl sites for hydroxylation is 1. The number of rotatable bonds is 4. The standard InChI is InChI=1S/C23H20F2N6O2S/c1-13-6-7-15(30-34(32,33)20-18(24)4-3-5-19(20)25)11-16(13)17-10-14-12-28-23(26-2)29-21(14)31-9-8-27-22(17)31/h3-7,10-12,27,30H,8-9H2,1-2H3. The van der Waals surface area contributed by atoms with E-state index in [1.165, 1.54) is 0 Å². The molecule has 2 N–H and O–H groups in total. The van der Waals surface area contributed by atoms with Gasteiger partial charge in [-0.15, -0.1) is 0 Å². The zero-order chi connectivity index (χ0) is 24.0. The summed E-state index contributed by atoms with van der Waals surface area (Å²) in [6.07, 6.45) is 1.70. The molecule has 3 aliphatic heterocycles. The molecule has 11 heteroatoms. The number of nitrogens with zero attached hydrogens (tertiary/aromatic N) is 4. The normalized spacial score (nSPS) is 13.7. The Balaban J connectivity index is 1.63. The summed E-state index contributed by atoms with van der Waals surface area (Å²) in [7, 11) is -2.86. The van der Waals surface area contributed by atoms with Crippen molar-refractivity contribution in [2.75, 3.05) is 23.6 Å². The van der Waals surface area contributed by atoms with Crippen molar-refractivity contribution in [1.29, 1.82) is 0 Å². The van der Waals surface area contributed by atoms with E-state index in [-0.39, 0.29) is 5.69 Å². The highest BCUT2D eigenvalue weighted by atomic mass is 32.2. The van der Waals surface area contributed by atoms with E-state index >= 15 is 0 Å². The summed E-state index contributed by atoms with van der Waals surface area (Å²) in [4.78, 5) is 11.8. The minimum Gasteiger partial charge on any atom is -0.369 e. The molecule has 5 rings (SSSR count). The van der Waals surface area contributed by atoms with Crippen molar-refractivity contribution in [2.45, 2.75) is 18.4 Å². The van der Waals surface area contributed by atoms with Crippen molar-refractivity contribution < 1.29 is 17.2 Å². The van der Waals surface area contributed by atoms with Gasteiger partial charge in [-0.2, -0.15) is 4.98 Å². The monoisotopic (exact) mass is 482 g/mol. The van der Waals surface area contributed by atoms with Gasteiger partial charge in [0.2, 0.25) is 5.62 Å². The summed E-state index contributed by atoms with van der Waals surface area (Å²) >= 11 is 0. The van der Waals surface area contributed by atoms with E-state index < -0.39 is 26.6 Å². The highest BCUT2D eigenvalue weighted by Gasteiger charge is 2.26. The molecular formula is C23H20F2N6O2S. The molecule has 0 radical (unpaired) electrons. The molecule has 0 amide bonds. The molecule has 174 valence electrons. The van der Waals surface area contributed by atoms with Crippen LogP contribution in [-0.4, -0.2) is 36.5 Å². The molecule has 2 aromatic carbocycles. The predicted molar refractivity (Wildman–Crippen MR) is 124 cm³/mol. The number of hydrogen-bond donors (Lipinski definition) is 2. The smallest absolute Gasteiger partial charge is 0.267 e. The molecule has 3 heterocycles. The first-order valence-corrected chi connectivity index (χ1v) is 11.9. The average Bonchev–Trinajstić information content (AvgIpc) is 3.29. The maximum absolute atomic E-state index is 14.1. The lowest BCUT2D eigenvalue weighted by Gasteiger charge is -2.19. The zero-order valence-corrected chi connectivity index (χ0v) is 19.1. The predicted octanol–water partition coefficient (Wildman–Crippen LogP) is 3.39. The molecule has 3 aliphatic rings. The van der Waals surface area contributed by atoms with E-state index in [9.17, 15) is 17.2 Å². The lowest BCUT2D eigenvalue weighted by Crippen LogP contribution is -2.17. The molecule has 0 aliphatic carbocycles. The van der Waals surface area contributed by atoms with Crippen molar-refractivity contribution in [1.82, 2.24) is 14.5 Å². The summed E-state index contributed by atoms with van der Waals surface area (Å²) in [5.74, 6) is -0.752. The first kappa shape index (κ1) is 22.0. The third-order valence-corrected chi connectivity index (χ3v) is 7.09. The van der Waals surface area contributed by atoms with Crippen LogP contribution in [0.25, 0.3) is 22.5 Å². The molecule has 0 saturated carbocycles. The van der Waals surface area contributed by atoms with Gasteiger partial charge in [-0.3, -0.25) is 9.71 Å². The molecular weight excluding hydrogens is 462 g/mol. The van der Waals surface area contributed by atoms with Crippen molar-refractivity contribution in [3.8, 4) is 22.5 Å². The topological polar surface area (TPSA) is 101 Å². The van der Waals surface area contributed by atoms with E-state index in [2.05, 4.69) is 25.0 Å². The number of fused-ring (bicyclic) bond motifs is 3. The number of pyridine rings is 1. The Hall–Kier alpha value is -3.86. The van der Waals surface area contributed by atoms with Crippen molar-refractivity contribution in [2.24, 2.45) is 4.99 Å². The fraction of sp³-hybridized carbons (Fsp3) is 0.174. The Kier molecular flexibility index (Phi) is 5.28. The van der Waals surface area contributed by atoms with Gasteiger partial charge in [0.25, 0.3) is 10.0 Å². The highest BCUT2D eigenvalue weighted by Crippen LogP contribution is 2.39. The number of aromatic nitrogens is 3. The fourth-order valence-corrected chi connectivity index (χ4v) is 5.28. The molecule has 0 atom stereocenters. The first-order valence-electron chi connectivity index (χ1n) is 10.4. The number of nitrogens with one attached hydrogen (secondary N) is 2. The summed E-state index contributed by atoms with van der Waals surface area (Å²) in [6, 6.07) is 9.78. The van der Waals surface area contributed by atoms with Crippen LogP contribution in [-0.2, 0) is 16.6 Å². The number of hydrogen-bond acceptors (Lipinski definition) is 6. The van der Waals surface area contributed by atoms with Crippen molar-refractivity contribution >= 4 is 21.5 Å². The molecule has 2 aromatic rings. The number of anilines is 2. The molecule has 8 nitrogen and oxygen atoms in total. The van der Waals surface area contributed by atoms with Gasteiger partial charge in [0.05, 0.1) is 0 Å². The van der Waals surface area contributed by atoms with Crippen LogP contribution in [0.5, 0.6) is 0 Å². The SMILES string of the molecule is CN=c1ncc2cc(-c3cc(NS(=O)(=O)c4c(F)cccc4F)ccc3C)c3n(c-2n1)CCN3. The Labute approximate surface area is 194 Å². The minimum atomic E-state index is -4.49. The summed E-state index contributed by atoms with van der Waals surface area (Å²) in [5, 5.41) is 3.37. The van der Waals surface area contributed by atoms with E-state index in [0.717, 1.165) is 52.1 Å². The fourth-order valence-electron chi connectivity index (χ4n) is 4.09. The zero-order valence-electron chi connectivity index (χ0n) is 18.3. The number of halogens is 2. The molecule has 0 unspecified atom stereocenters. The van der Waals surface area contributed by atoms with Gasteiger partial charge in [0.1, 0.15) is 23.3 Å². The molecule has 0 aromatic heterocycles. The lowest BCUT2D eigenvalue weighted by molar-refractivity contribution is 0.521. The second kappa shape index (κ2) is 8.17. The van der Waals surface area contributed by atoms with Crippen LogP contribution in [0.2, 0.25) is 0 Å². The van der Waals surface area contributed by atoms with E-state index in [1.807, 2.05) is 17.6 Å². The second-order valence-corrected chi connectivity index (χ2v) is 9.46. The highest BCUT2D eigenvalue weighted by molar-refractivity contribution is 7.92. The number of benzene rings is 2. The Morgan fingerprint density at radius 1 is 1.12 bits per heavy atom. The van der Waals surface area contributed by atoms with Crippen molar-refractivity contribution in [3.63, 3.8) is 0 Å². The van der Waals surface area contributed by atoms with Crippen LogP contribution in [0.15, 0.2) is 58.5 Å². The Bertz CT molecular complexity index is 1560. The quantitative estimate of drug-likeness (QED) is 0.464. The van der Waals surface area contributed by atoms with Crippen molar-refractivity contribution in [3.05, 3.63) is 71.5 Å². The van der Waals surface area contributed by atoms with E-state index in [0.29, 0.717) is 18.7 Å². The largest absolute Gasteiger partial charge is 0.369 e. The molecule has 34 heavy (non-hydrogen) atoms. The van der Waals surface area contributed by atoms with Gasteiger partial charge < -0.3 is 9.88 Å². The molecule has 0 bridgehead atoms. The van der Waals surface area contributed by atoms with E-state index in [4.69, 9.17) is 0 Å². The molecule has 0 fully saturated rings. The molecule has 0 saturated heterocycles. The maximum Gasteiger partial charge on any atom is 0.267 e. The van der Waals surface area contributed by atoms with Crippen LogP contribution >= 0.6 is 0 Å². The maximum atomic E-state index is 14.1. The second-order valence-electron chi connectivity index (χ2n) is 7.84. The number of sulfonamides is 1. The van der Waals surface area contributed by atoms with Crippen LogP contribution in [0.1, 0.15) is 5.56 Å². The first-order chi connectivity index (χ1) is 16.3. The summed E-state index contributed by atoms with van der Waals surface area (Å²) in [6.45, 7) is 3.29. The Morgan fingerprint density at radius 3 is 2.62 bits per heavy atom. The van der Waals surface area contributed by atoms with Gasteiger partial charge >= 0.3 is 0 Å². The third kappa shape index (κ3) is 3.67. The summed E-state index contributed by atoms with van der Waals surface area (Å²) in [5.41, 5.74) is 3.82.